The summed E-state index contributed by atoms with van der Waals surface area (Å²) in [5.74, 6) is 0. The zero-order valence-corrected chi connectivity index (χ0v) is 10.8. The van der Waals surface area contributed by atoms with E-state index in [2.05, 4.69) is 12.1 Å². The van der Waals surface area contributed by atoms with Crippen molar-refractivity contribution in [3.8, 4) is 0 Å². The Morgan fingerprint density at radius 2 is 1.67 bits per heavy atom. The van der Waals surface area contributed by atoms with Crippen LogP contribution in [0.2, 0.25) is 0 Å². The second kappa shape index (κ2) is 5.56. The second-order valence-corrected chi connectivity index (χ2v) is 8.90. The molecule has 0 spiro atoms. The summed E-state index contributed by atoms with van der Waals surface area (Å²) in [6.45, 7) is 0. The van der Waals surface area contributed by atoms with E-state index in [0.717, 1.165) is 4.44 Å². The van der Waals surface area contributed by atoms with Crippen LogP contribution in [0.3, 0.4) is 0 Å². The standard InChI is InChI=1S/C7H7.2CH3O.Sn.H/c1-7-5-3-2-4-6-7;2*1-2;;/h2-6H,1H2;2*1H3;;/q;2*-1;+2;. The van der Waals surface area contributed by atoms with Gasteiger partial charge in [-0.15, -0.1) is 0 Å². The summed E-state index contributed by atoms with van der Waals surface area (Å²) < 4.78 is 11.6. The van der Waals surface area contributed by atoms with E-state index >= 15 is 0 Å². The van der Waals surface area contributed by atoms with Crippen LogP contribution in [0.15, 0.2) is 30.3 Å². The quantitative estimate of drug-likeness (QED) is 0.769. The van der Waals surface area contributed by atoms with Gasteiger partial charge in [0.1, 0.15) is 0 Å². The molecule has 0 aliphatic carbocycles. The Kier molecular flexibility index (Phi) is 4.64. The van der Waals surface area contributed by atoms with Gasteiger partial charge in [0.25, 0.3) is 0 Å². The van der Waals surface area contributed by atoms with Crippen molar-refractivity contribution >= 4 is 20.6 Å². The van der Waals surface area contributed by atoms with Crippen LogP contribution in [-0.2, 0) is 10.6 Å². The third-order valence-electron chi connectivity index (χ3n) is 1.77. The van der Waals surface area contributed by atoms with Gasteiger partial charge >= 0.3 is 81.3 Å². The SMILES string of the molecule is C[O][SnH]([CH2]c1ccccc1)[O]C. The number of rotatable bonds is 4. The van der Waals surface area contributed by atoms with Crippen molar-refractivity contribution in [2.24, 2.45) is 0 Å². The van der Waals surface area contributed by atoms with Gasteiger partial charge in [0.15, 0.2) is 0 Å². The summed E-state index contributed by atoms with van der Waals surface area (Å²) in [6, 6.07) is 10.3. The molecule has 1 aromatic rings. The molecule has 0 heterocycles. The van der Waals surface area contributed by atoms with Gasteiger partial charge in [-0.25, -0.2) is 0 Å². The first-order valence-corrected chi connectivity index (χ1v) is 8.98. The molecule has 0 unspecified atom stereocenters. The zero-order chi connectivity index (χ0) is 8.81. The molecule has 3 heteroatoms. The van der Waals surface area contributed by atoms with E-state index in [1.54, 1.807) is 14.2 Å². The third-order valence-corrected chi connectivity index (χ3v) is 7.07. The average Bonchev–Trinajstić information content (AvgIpc) is 2.16. The van der Waals surface area contributed by atoms with E-state index in [1.165, 1.54) is 5.56 Å². The predicted molar refractivity (Wildman–Crippen MR) is 51.3 cm³/mol. The Labute approximate surface area is 81.3 Å². The summed E-state index contributed by atoms with van der Waals surface area (Å²) in [4.78, 5) is 0. The summed E-state index contributed by atoms with van der Waals surface area (Å²) in [5.41, 5.74) is 1.32. The van der Waals surface area contributed by atoms with E-state index in [9.17, 15) is 0 Å². The molecule has 1 rings (SSSR count). The Hall–Kier alpha value is -0.0613. The van der Waals surface area contributed by atoms with Crippen molar-refractivity contribution in [1.82, 2.24) is 0 Å². The van der Waals surface area contributed by atoms with Gasteiger partial charge in [-0.1, -0.05) is 0 Å². The molecule has 0 aliphatic heterocycles. The second-order valence-electron chi connectivity index (χ2n) is 2.59. The van der Waals surface area contributed by atoms with Gasteiger partial charge in [0.05, 0.1) is 0 Å². The van der Waals surface area contributed by atoms with Crippen molar-refractivity contribution < 1.29 is 6.15 Å². The fraction of sp³-hybridized carbons (Fsp3) is 0.333. The topological polar surface area (TPSA) is 18.5 Å². The molecular formula is C9H14O2Sn. The molecular weight excluding hydrogens is 259 g/mol. The average molecular weight is 273 g/mol. The Balaban J connectivity index is 2.51. The first-order chi connectivity index (χ1) is 5.86. The van der Waals surface area contributed by atoms with Crippen molar-refractivity contribution in [3.63, 3.8) is 0 Å². The van der Waals surface area contributed by atoms with Crippen molar-refractivity contribution in [2.45, 2.75) is 4.44 Å². The first kappa shape index (κ1) is 10.0. The first-order valence-electron chi connectivity index (χ1n) is 3.96. The molecule has 0 amide bonds. The zero-order valence-electron chi connectivity index (χ0n) is 7.49. The van der Waals surface area contributed by atoms with Crippen molar-refractivity contribution in [1.29, 1.82) is 0 Å². The normalized spacial score (nSPS) is 10.6. The van der Waals surface area contributed by atoms with Crippen LogP contribution in [0, 0.1) is 0 Å². The van der Waals surface area contributed by atoms with Gasteiger partial charge in [-0.05, 0) is 0 Å². The number of benzene rings is 1. The molecule has 0 fully saturated rings. The van der Waals surface area contributed by atoms with E-state index in [-0.39, 0.29) is 0 Å². The Morgan fingerprint density at radius 1 is 1.08 bits per heavy atom. The van der Waals surface area contributed by atoms with E-state index in [1.807, 2.05) is 18.2 Å². The molecule has 1 aromatic carbocycles. The molecule has 0 aromatic heterocycles. The summed E-state index contributed by atoms with van der Waals surface area (Å²) in [5, 5.41) is 0. The molecule has 0 saturated heterocycles. The maximum absolute atomic E-state index is 5.29. The Bertz CT molecular complexity index is 209. The van der Waals surface area contributed by atoms with Crippen LogP contribution < -0.4 is 0 Å². The van der Waals surface area contributed by atoms with Crippen LogP contribution in [0.1, 0.15) is 5.56 Å². The Morgan fingerprint density at radius 3 is 2.17 bits per heavy atom. The molecule has 2 nitrogen and oxygen atoms in total. The van der Waals surface area contributed by atoms with Crippen LogP contribution in [0.5, 0.6) is 0 Å². The van der Waals surface area contributed by atoms with Crippen LogP contribution in [0.25, 0.3) is 0 Å². The van der Waals surface area contributed by atoms with Crippen molar-refractivity contribution in [3.05, 3.63) is 35.9 Å². The van der Waals surface area contributed by atoms with Crippen LogP contribution in [-0.4, -0.2) is 34.8 Å². The predicted octanol–water partition coefficient (Wildman–Crippen LogP) is 1.28. The van der Waals surface area contributed by atoms with Gasteiger partial charge in [-0.3, -0.25) is 0 Å². The molecule has 0 radical (unpaired) electrons. The van der Waals surface area contributed by atoms with Crippen LogP contribution in [0.4, 0.5) is 0 Å². The monoisotopic (exact) mass is 274 g/mol. The van der Waals surface area contributed by atoms with Gasteiger partial charge in [0, 0.05) is 0 Å². The van der Waals surface area contributed by atoms with E-state index < -0.39 is 20.6 Å². The molecule has 12 heavy (non-hydrogen) atoms. The molecule has 66 valence electrons. The fourth-order valence-corrected chi connectivity index (χ4v) is 4.45. The summed E-state index contributed by atoms with van der Waals surface area (Å²) >= 11 is -2.08. The fourth-order valence-electron chi connectivity index (χ4n) is 1.07. The third kappa shape index (κ3) is 3.13. The van der Waals surface area contributed by atoms with Crippen molar-refractivity contribution in [2.75, 3.05) is 14.2 Å². The van der Waals surface area contributed by atoms with Gasteiger partial charge in [0.2, 0.25) is 0 Å². The maximum atomic E-state index is 5.29. The summed E-state index contributed by atoms with van der Waals surface area (Å²) in [7, 11) is 3.49. The molecule has 0 aliphatic rings. The number of hydrogen-bond donors (Lipinski definition) is 0. The minimum absolute atomic E-state index is 1.01. The molecule has 0 N–H and O–H groups in total. The van der Waals surface area contributed by atoms with E-state index in [0.29, 0.717) is 0 Å². The molecule has 0 atom stereocenters. The minimum atomic E-state index is -2.08. The summed E-state index contributed by atoms with van der Waals surface area (Å²) in [6.07, 6.45) is 0. The molecule has 0 bridgehead atoms. The van der Waals surface area contributed by atoms with Crippen LogP contribution >= 0.6 is 0 Å². The van der Waals surface area contributed by atoms with E-state index in [4.69, 9.17) is 6.15 Å². The van der Waals surface area contributed by atoms with Gasteiger partial charge < -0.3 is 0 Å². The van der Waals surface area contributed by atoms with Gasteiger partial charge in [-0.2, -0.15) is 0 Å². The number of hydrogen-bond acceptors (Lipinski definition) is 2. The molecule has 0 saturated carbocycles.